The zero-order chi connectivity index (χ0) is 12.6. The van der Waals surface area contributed by atoms with Gasteiger partial charge in [0.15, 0.2) is 0 Å². The molecule has 1 rings (SSSR count). The molecule has 68 valence electrons. The molecule has 6 nitrogen and oxygen atoms in total. The van der Waals surface area contributed by atoms with Gasteiger partial charge < -0.3 is 10.2 Å². The van der Waals surface area contributed by atoms with E-state index in [0.717, 1.165) is 0 Å². The Balaban J connectivity index is 3.77. The van der Waals surface area contributed by atoms with Crippen LogP contribution in [0.5, 0.6) is 5.75 Å². The quantitative estimate of drug-likeness (QED) is 0.530. The Labute approximate surface area is 76.4 Å². The van der Waals surface area contributed by atoms with Crippen molar-refractivity contribution in [2.75, 3.05) is 0 Å². The lowest BCUT2D eigenvalue weighted by atomic mass is 10.2. The molecule has 0 spiro atoms. The molecule has 0 aliphatic heterocycles. The highest BCUT2D eigenvalue weighted by molar-refractivity contribution is 5.91. The fourth-order valence-electron chi connectivity index (χ4n) is 0.633. The van der Waals surface area contributed by atoms with Gasteiger partial charge in [-0.1, -0.05) is 0 Å². The molecular weight excluding hydrogens is 178 g/mol. The van der Waals surface area contributed by atoms with E-state index in [1.807, 2.05) is 0 Å². The molecule has 0 heterocycles. The van der Waals surface area contributed by atoms with Gasteiger partial charge in [-0.2, -0.15) is 0 Å². The van der Waals surface area contributed by atoms with E-state index in [1.165, 1.54) is 0 Å². The zero-order valence-electron chi connectivity index (χ0n) is 9.07. The van der Waals surface area contributed by atoms with Gasteiger partial charge in [-0.05, 0) is 6.04 Å². The van der Waals surface area contributed by atoms with Crippen LogP contribution >= 0.6 is 0 Å². The standard InChI is InChI=1S/C7H5NO5/c9-6-3-4(8(12)13)1-2-5(6)7(10)11/h1-3,9H,(H,10,11)/i1D,2D,3D. The Morgan fingerprint density at radius 1 is 1.62 bits per heavy atom. The predicted octanol–water partition coefficient (Wildman–Crippen LogP) is 0.999. The third kappa shape index (κ3) is 1.73. The van der Waals surface area contributed by atoms with Gasteiger partial charge in [0.1, 0.15) is 11.3 Å². The summed E-state index contributed by atoms with van der Waals surface area (Å²) in [5.41, 5.74) is -2.08. The molecule has 0 atom stereocenters. The number of carboxylic acid groups (broad SMARTS) is 1. The van der Waals surface area contributed by atoms with Crippen molar-refractivity contribution in [3.8, 4) is 5.75 Å². The molecule has 0 fully saturated rings. The summed E-state index contributed by atoms with van der Waals surface area (Å²) in [6.07, 6.45) is 0. The first-order chi connectivity index (χ1) is 7.29. The second-order valence-corrected chi connectivity index (χ2v) is 2.01. The second-order valence-electron chi connectivity index (χ2n) is 2.01. The Morgan fingerprint density at radius 2 is 2.23 bits per heavy atom. The van der Waals surface area contributed by atoms with Gasteiger partial charge in [0.05, 0.1) is 15.1 Å². The molecule has 0 amide bonds. The number of hydrogen-bond acceptors (Lipinski definition) is 4. The molecule has 2 N–H and O–H groups in total. The number of nitro groups is 1. The van der Waals surface area contributed by atoms with E-state index < -0.39 is 46.0 Å². The summed E-state index contributed by atoms with van der Waals surface area (Å²) in [5, 5.41) is 28.3. The Bertz CT molecular complexity index is 427. The first kappa shape index (κ1) is 5.52. The molecule has 1 aromatic carbocycles. The Hall–Kier alpha value is -2.11. The van der Waals surface area contributed by atoms with Gasteiger partial charge in [0.25, 0.3) is 5.69 Å². The average molecular weight is 186 g/mol. The highest BCUT2D eigenvalue weighted by atomic mass is 16.6. The largest absolute Gasteiger partial charge is 0.507 e. The lowest BCUT2D eigenvalue weighted by molar-refractivity contribution is -0.384. The zero-order valence-corrected chi connectivity index (χ0v) is 6.07. The maximum absolute atomic E-state index is 10.6. The fourth-order valence-corrected chi connectivity index (χ4v) is 0.633. The van der Waals surface area contributed by atoms with Gasteiger partial charge in [-0.3, -0.25) is 10.1 Å². The minimum absolute atomic E-state index is 0.986. The number of aromatic hydroxyl groups is 1. The van der Waals surface area contributed by atoms with Crippen molar-refractivity contribution in [3.63, 3.8) is 0 Å². The Morgan fingerprint density at radius 3 is 2.69 bits per heavy atom. The first-order valence-electron chi connectivity index (χ1n) is 4.49. The summed E-state index contributed by atoms with van der Waals surface area (Å²) < 4.78 is 21.5. The van der Waals surface area contributed by atoms with Crippen LogP contribution in [0.15, 0.2) is 18.1 Å². The smallest absolute Gasteiger partial charge is 0.339 e. The van der Waals surface area contributed by atoms with Crippen LogP contribution in [0.3, 0.4) is 0 Å². The summed E-state index contributed by atoms with van der Waals surface area (Å²) in [6.45, 7) is 0. The van der Waals surface area contributed by atoms with Gasteiger partial charge in [0, 0.05) is 6.04 Å². The van der Waals surface area contributed by atoms with Gasteiger partial charge in [0.2, 0.25) is 0 Å². The third-order valence-electron chi connectivity index (χ3n) is 1.18. The number of nitrogens with zero attached hydrogens (tertiary/aromatic N) is 1. The number of aromatic carboxylic acids is 1. The maximum Gasteiger partial charge on any atom is 0.339 e. The second kappa shape index (κ2) is 3.10. The lowest BCUT2D eigenvalue weighted by Crippen LogP contribution is -1.97. The maximum atomic E-state index is 10.6. The number of hydrogen-bond donors (Lipinski definition) is 2. The molecule has 13 heavy (non-hydrogen) atoms. The van der Waals surface area contributed by atoms with Crippen LogP contribution in [0.2, 0.25) is 0 Å². The topological polar surface area (TPSA) is 101 Å². The number of carbonyl (C=O) groups is 1. The molecule has 1 aromatic rings. The minimum atomic E-state index is -1.72. The molecular formula is C7H5NO5. The van der Waals surface area contributed by atoms with E-state index >= 15 is 0 Å². The lowest BCUT2D eigenvalue weighted by Gasteiger charge is -1.97. The summed E-state index contributed by atoms with van der Waals surface area (Å²) in [4.78, 5) is 19.9. The number of rotatable bonds is 2. The molecule has 0 saturated heterocycles. The van der Waals surface area contributed by atoms with Crippen LogP contribution in [-0.2, 0) is 0 Å². The van der Waals surface area contributed by atoms with E-state index in [1.54, 1.807) is 0 Å². The van der Waals surface area contributed by atoms with Crippen LogP contribution < -0.4 is 0 Å². The minimum Gasteiger partial charge on any atom is -0.507 e. The first-order valence-corrected chi connectivity index (χ1v) is 2.99. The molecule has 0 aliphatic carbocycles. The van der Waals surface area contributed by atoms with Gasteiger partial charge in [-0.25, -0.2) is 4.79 Å². The number of benzene rings is 1. The van der Waals surface area contributed by atoms with E-state index in [4.69, 9.17) is 9.22 Å². The van der Waals surface area contributed by atoms with Crippen LogP contribution in [0.4, 0.5) is 5.69 Å². The van der Waals surface area contributed by atoms with Gasteiger partial charge >= 0.3 is 5.97 Å². The highest BCUT2D eigenvalue weighted by Gasteiger charge is 2.13. The van der Waals surface area contributed by atoms with Crippen molar-refractivity contribution >= 4 is 11.7 Å². The van der Waals surface area contributed by atoms with Crippen molar-refractivity contribution < 1.29 is 24.0 Å². The normalized spacial score (nSPS) is 12.8. The van der Waals surface area contributed by atoms with Crippen molar-refractivity contribution in [1.82, 2.24) is 0 Å². The van der Waals surface area contributed by atoms with E-state index in [-0.39, 0.29) is 0 Å². The van der Waals surface area contributed by atoms with Crippen molar-refractivity contribution in [2.24, 2.45) is 0 Å². The molecule has 0 bridgehead atoms. The highest BCUT2D eigenvalue weighted by Crippen LogP contribution is 2.22. The number of phenols is 1. The summed E-state index contributed by atoms with van der Waals surface area (Å²) in [7, 11) is 0. The van der Waals surface area contributed by atoms with Crippen LogP contribution in [0, 0.1) is 10.1 Å². The third-order valence-corrected chi connectivity index (χ3v) is 1.18. The number of nitro benzene ring substituents is 1. The van der Waals surface area contributed by atoms with Crippen LogP contribution in [0.1, 0.15) is 14.5 Å². The summed E-state index contributed by atoms with van der Waals surface area (Å²) >= 11 is 0. The fraction of sp³-hybridized carbons (Fsp3) is 0. The summed E-state index contributed by atoms with van der Waals surface area (Å²) in [6, 6.07) is -3.08. The molecule has 0 saturated carbocycles. The van der Waals surface area contributed by atoms with E-state index in [0.29, 0.717) is 0 Å². The Kier molecular flexibility index (Phi) is 1.31. The SMILES string of the molecule is [2H]c1c([2H])c([N+](=O)[O-])c([2H])c(O)c1C(=O)O. The predicted molar refractivity (Wildman–Crippen MR) is 41.7 cm³/mol. The summed E-state index contributed by atoms with van der Waals surface area (Å²) in [5.74, 6) is -2.90. The molecule has 0 aromatic heterocycles. The van der Waals surface area contributed by atoms with Crippen molar-refractivity contribution in [3.05, 3.63) is 33.8 Å². The molecule has 0 radical (unpaired) electrons. The van der Waals surface area contributed by atoms with Crippen molar-refractivity contribution in [1.29, 1.82) is 0 Å². The van der Waals surface area contributed by atoms with Crippen LogP contribution in [-0.4, -0.2) is 21.1 Å². The average Bonchev–Trinajstić information content (AvgIpc) is 2.14. The van der Waals surface area contributed by atoms with E-state index in [2.05, 4.69) is 0 Å². The number of carboxylic acids is 1. The van der Waals surface area contributed by atoms with Crippen LogP contribution in [0.25, 0.3) is 0 Å². The van der Waals surface area contributed by atoms with Gasteiger partial charge in [-0.15, -0.1) is 0 Å². The molecule has 0 unspecified atom stereocenters. The molecule has 6 heteroatoms. The molecule has 0 aliphatic rings. The van der Waals surface area contributed by atoms with E-state index in [9.17, 15) is 20.0 Å². The monoisotopic (exact) mass is 186 g/mol. The van der Waals surface area contributed by atoms with Crippen molar-refractivity contribution in [2.45, 2.75) is 0 Å².